The molecule has 1 saturated heterocycles. The van der Waals surface area contributed by atoms with Crippen molar-refractivity contribution in [2.75, 3.05) is 45.9 Å². The molecule has 0 aliphatic carbocycles. The Kier molecular flexibility index (Phi) is 6.98. The van der Waals surface area contributed by atoms with E-state index in [4.69, 9.17) is 4.74 Å². The molecular weight excluding hydrogens is 188 g/mol. The summed E-state index contributed by atoms with van der Waals surface area (Å²) < 4.78 is 5.49. The van der Waals surface area contributed by atoms with E-state index in [0.717, 1.165) is 32.1 Å². The van der Waals surface area contributed by atoms with Crippen LogP contribution in [0.2, 0.25) is 0 Å². The van der Waals surface area contributed by atoms with Crippen molar-refractivity contribution in [3.63, 3.8) is 0 Å². The average molecular weight is 214 g/mol. The van der Waals surface area contributed by atoms with E-state index in [1.807, 2.05) is 0 Å². The molecule has 90 valence electrons. The van der Waals surface area contributed by atoms with Gasteiger partial charge < -0.3 is 15.0 Å². The molecule has 1 rings (SSSR count). The third-order valence-electron chi connectivity index (χ3n) is 2.78. The molecule has 15 heavy (non-hydrogen) atoms. The Labute approximate surface area is 94.2 Å². The summed E-state index contributed by atoms with van der Waals surface area (Å²) in [6.07, 6.45) is 2.30. The summed E-state index contributed by atoms with van der Waals surface area (Å²) in [5.41, 5.74) is 0. The lowest BCUT2D eigenvalue weighted by Crippen LogP contribution is -2.31. The van der Waals surface area contributed by atoms with Gasteiger partial charge in [-0.05, 0) is 25.3 Å². The Bertz CT molecular complexity index is 153. The minimum atomic E-state index is 0.782. The van der Waals surface area contributed by atoms with E-state index in [2.05, 4.69) is 24.1 Å². The molecule has 0 spiro atoms. The molecule has 1 N–H and O–H groups in total. The van der Waals surface area contributed by atoms with Crippen LogP contribution in [0, 0.1) is 5.92 Å². The maximum absolute atomic E-state index is 5.49. The molecule has 1 heterocycles. The SMILES string of the molecule is CCCOCCCN1CCNCC(C)C1. The average Bonchev–Trinajstić information content (AvgIpc) is 2.43. The smallest absolute Gasteiger partial charge is 0.0478 e. The van der Waals surface area contributed by atoms with Crippen LogP contribution in [0.15, 0.2) is 0 Å². The van der Waals surface area contributed by atoms with Crippen LogP contribution in [0.25, 0.3) is 0 Å². The Morgan fingerprint density at radius 3 is 3.07 bits per heavy atom. The Morgan fingerprint density at radius 2 is 2.27 bits per heavy atom. The summed E-state index contributed by atoms with van der Waals surface area (Å²) in [5.74, 6) is 0.782. The van der Waals surface area contributed by atoms with Crippen molar-refractivity contribution in [3.8, 4) is 0 Å². The fourth-order valence-corrected chi connectivity index (χ4v) is 2.02. The molecule has 1 atom stereocenters. The lowest BCUT2D eigenvalue weighted by Gasteiger charge is -2.21. The van der Waals surface area contributed by atoms with Crippen molar-refractivity contribution in [1.82, 2.24) is 10.2 Å². The lowest BCUT2D eigenvalue weighted by atomic mass is 10.2. The standard InChI is InChI=1S/C12H26N2O/c1-3-8-15-9-4-6-14-7-5-13-10-12(2)11-14/h12-13H,3-11H2,1-2H3. The highest BCUT2D eigenvalue weighted by Crippen LogP contribution is 2.03. The first-order valence-corrected chi connectivity index (χ1v) is 6.33. The van der Waals surface area contributed by atoms with Gasteiger partial charge in [0, 0.05) is 39.4 Å². The maximum atomic E-state index is 5.49. The monoisotopic (exact) mass is 214 g/mol. The topological polar surface area (TPSA) is 24.5 Å². The van der Waals surface area contributed by atoms with Crippen molar-refractivity contribution in [2.45, 2.75) is 26.7 Å². The summed E-state index contributed by atoms with van der Waals surface area (Å²) in [6.45, 7) is 12.2. The third-order valence-corrected chi connectivity index (χ3v) is 2.78. The van der Waals surface area contributed by atoms with Crippen molar-refractivity contribution in [3.05, 3.63) is 0 Å². The fourth-order valence-electron chi connectivity index (χ4n) is 2.02. The number of nitrogens with one attached hydrogen (secondary N) is 1. The summed E-state index contributed by atoms with van der Waals surface area (Å²) in [6, 6.07) is 0. The van der Waals surface area contributed by atoms with Gasteiger partial charge in [-0.1, -0.05) is 13.8 Å². The summed E-state index contributed by atoms with van der Waals surface area (Å²) in [7, 11) is 0. The van der Waals surface area contributed by atoms with Crippen LogP contribution in [-0.4, -0.2) is 50.8 Å². The number of hydrogen-bond acceptors (Lipinski definition) is 3. The maximum Gasteiger partial charge on any atom is 0.0478 e. The van der Waals surface area contributed by atoms with Crippen molar-refractivity contribution in [1.29, 1.82) is 0 Å². The van der Waals surface area contributed by atoms with E-state index in [9.17, 15) is 0 Å². The van der Waals surface area contributed by atoms with Crippen LogP contribution in [0.5, 0.6) is 0 Å². The molecule has 0 bridgehead atoms. The molecule has 3 heteroatoms. The highest BCUT2D eigenvalue weighted by molar-refractivity contribution is 4.70. The number of rotatable bonds is 6. The highest BCUT2D eigenvalue weighted by atomic mass is 16.5. The molecular formula is C12H26N2O. The second-order valence-electron chi connectivity index (χ2n) is 4.58. The van der Waals surface area contributed by atoms with Gasteiger partial charge in [0.05, 0.1) is 0 Å². The van der Waals surface area contributed by atoms with E-state index in [1.54, 1.807) is 0 Å². The van der Waals surface area contributed by atoms with E-state index in [1.165, 1.54) is 32.6 Å². The number of nitrogens with zero attached hydrogens (tertiary/aromatic N) is 1. The molecule has 0 amide bonds. The quantitative estimate of drug-likeness (QED) is 0.675. The van der Waals surface area contributed by atoms with Crippen LogP contribution in [-0.2, 0) is 4.74 Å². The van der Waals surface area contributed by atoms with Crippen LogP contribution >= 0.6 is 0 Å². The van der Waals surface area contributed by atoms with Gasteiger partial charge in [-0.15, -0.1) is 0 Å². The molecule has 0 aromatic carbocycles. The van der Waals surface area contributed by atoms with Gasteiger partial charge in [-0.2, -0.15) is 0 Å². The summed E-state index contributed by atoms with van der Waals surface area (Å²) >= 11 is 0. The summed E-state index contributed by atoms with van der Waals surface area (Å²) in [4.78, 5) is 2.56. The molecule has 0 aromatic heterocycles. The lowest BCUT2D eigenvalue weighted by molar-refractivity contribution is 0.120. The zero-order valence-electron chi connectivity index (χ0n) is 10.3. The third kappa shape index (κ3) is 6.13. The molecule has 1 aliphatic heterocycles. The molecule has 0 aromatic rings. The molecule has 0 saturated carbocycles. The second-order valence-corrected chi connectivity index (χ2v) is 4.58. The number of ether oxygens (including phenoxy) is 1. The minimum absolute atomic E-state index is 0.782. The Morgan fingerprint density at radius 1 is 1.40 bits per heavy atom. The van der Waals surface area contributed by atoms with Crippen LogP contribution in [0.3, 0.4) is 0 Å². The van der Waals surface area contributed by atoms with Crippen LogP contribution in [0.1, 0.15) is 26.7 Å². The van der Waals surface area contributed by atoms with Gasteiger partial charge in [-0.3, -0.25) is 0 Å². The van der Waals surface area contributed by atoms with Gasteiger partial charge in [0.25, 0.3) is 0 Å². The fraction of sp³-hybridized carbons (Fsp3) is 1.00. The zero-order chi connectivity index (χ0) is 10.9. The van der Waals surface area contributed by atoms with Crippen LogP contribution in [0.4, 0.5) is 0 Å². The van der Waals surface area contributed by atoms with Crippen molar-refractivity contribution in [2.24, 2.45) is 5.92 Å². The predicted molar refractivity (Wildman–Crippen MR) is 64.2 cm³/mol. The van der Waals surface area contributed by atoms with Gasteiger partial charge in [0.2, 0.25) is 0 Å². The van der Waals surface area contributed by atoms with Gasteiger partial charge in [0.15, 0.2) is 0 Å². The molecule has 1 unspecified atom stereocenters. The van der Waals surface area contributed by atoms with E-state index in [-0.39, 0.29) is 0 Å². The van der Waals surface area contributed by atoms with Crippen molar-refractivity contribution >= 4 is 0 Å². The zero-order valence-corrected chi connectivity index (χ0v) is 10.3. The Hall–Kier alpha value is -0.120. The van der Waals surface area contributed by atoms with Gasteiger partial charge in [0.1, 0.15) is 0 Å². The molecule has 3 nitrogen and oxygen atoms in total. The second kappa shape index (κ2) is 8.08. The first kappa shape index (κ1) is 12.9. The van der Waals surface area contributed by atoms with Crippen molar-refractivity contribution < 1.29 is 4.74 Å². The van der Waals surface area contributed by atoms with Crippen LogP contribution < -0.4 is 5.32 Å². The van der Waals surface area contributed by atoms with Gasteiger partial charge >= 0.3 is 0 Å². The highest BCUT2D eigenvalue weighted by Gasteiger charge is 2.13. The Balaban J connectivity index is 2.03. The summed E-state index contributed by atoms with van der Waals surface area (Å²) in [5, 5.41) is 3.46. The predicted octanol–water partition coefficient (Wildman–Crippen LogP) is 1.34. The molecule has 0 radical (unpaired) electrons. The first-order chi connectivity index (χ1) is 7.33. The van der Waals surface area contributed by atoms with E-state index >= 15 is 0 Å². The normalized spacial score (nSPS) is 24.0. The first-order valence-electron chi connectivity index (χ1n) is 6.33. The molecule has 1 aliphatic rings. The van der Waals surface area contributed by atoms with Gasteiger partial charge in [-0.25, -0.2) is 0 Å². The number of hydrogen-bond donors (Lipinski definition) is 1. The molecule has 1 fully saturated rings. The largest absolute Gasteiger partial charge is 0.381 e. The van der Waals surface area contributed by atoms with E-state index < -0.39 is 0 Å². The van der Waals surface area contributed by atoms with E-state index in [0.29, 0.717) is 0 Å². The minimum Gasteiger partial charge on any atom is -0.381 e.